The summed E-state index contributed by atoms with van der Waals surface area (Å²) in [7, 11) is 1.63. The highest BCUT2D eigenvalue weighted by molar-refractivity contribution is 5.85. The molecule has 1 fully saturated rings. The number of ketones is 1. The number of hydrogen-bond acceptors (Lipinski definition) is 4. The zero-order valence-electron chi connectivity index (χ0n) is 12.5. The third-order valence-electron chi connectivity index (χ3n) is 3.70. The van der Waals surface area contributed by atoms with E-state index in [0.717, 1.165) is 17.9 Å². The normalized spacial score (nSPS) is 20.1. The molecule has 0 radical (unpaired) electrons. The third-order valence-corrected chi connectivity index (χ3v) is 3.70. The van der Waals surface area contributed by atoms with Crippen LogP contribution in [0.3, 0.4) is 0 Å². The topological polar surface area (TPSA) is 38.8 Å². The smallest absolute Gasteiger partial charge is 0.167 e. The first-order chi connectivity index (χ1) is 9.60. The van der Waals surface area contributed by atoms with E-state index < -0.39 is 0 Å². The molecule has 2 rings (SSSR count). The zero-order valence-corrected chi connectivity index (χ0v) is 12.5. The minimum absolute atomic E-state index is 0.142. The standard InChI is InChI=1S/C16H23NO3/c1-12(2)17-7-8-20-16(11-17)15(18)10-13-5-4-6-14(9-13)19-3/h4-6,9,12,16H,7-8,10-11H2,1-3H3. The number of benzene rings is 1. The van der Waals surface area contributed by atoms with E-state index in [1.54, 1.807) is 7.11 Å². The first-order valence-corrected chi connectivity index (χ1v) is 7.11. The van der Waals surface area contributed by atoms with Crippen LogP contribution in [0.15, 0.2) is 24.3 Å². The van der Waals surface area contributed by atoms with Crippen LogP contribution in [0.25, 0.3) is 0 Å². The molecule has 0 aliphatic carbocycles. The Morgan fingerprint density at radius 2 is 2.30 bits per heavy atom. The number of carbonyl (C=O) groups is 1. The van der Waals surface area contributed by atoms with Gasteiger partial charge in [-0.2, -0.15) is 0 Å². The van der Waals surface area contributed by atoms with Gasteiger partial charge >= 0.3 is 0 Å². The first kappa shape index (κ1) is 15.0. The van der Waals surface area contributed by atoms with Crippen molar-refractivity contribution in [2.45, 2.75) is 32.4 Å². The number of morpholine rings is 1. The van der Waals surface area contributed by atoms with Gasteiger partial charge in [-0.3, -0.25) is 9.69 Å². The lowest BCUT2D eigenvalue weighted by Gasteiger charge is -2.34. The van der Waals surface area contributed by atoms with Crippen molar-refractivity contribution in [1.82, 2.24) is 4.90 Å². The monoisotopic (exact) mass is 277 g/mol. The molecule has 1 unspecified atom stereocenters. The van der Waals surface area contributed by atoms with Gasteiger partial charge in [0.15, 0.2) is 5.78 Å². The summed E-state index contributed by atoms with van der Waals surface area (Å²) in [5, 5.41) is 0. The summed E-state index contributed by atoms with van der Waals surface area (Å²) in [4.78, 5) is 14.6. The number of Topliss-reactive ketones (excluding diaryl/α,β-unsaturated/α-hetero) is 1. The third kappa shape index (κ3) is 3.81. The van der Waals surface area contributed by atoms with Crippen LogP contribution >= 0.6 is 0 Å². The molecular formula is C16H23NO3. The van der Waals surface area contributed by atoms with Gasteiger partial charge in [0, 0.05) is 25.6 Å². The molecule has 4 heteroatoms. The van der Waals surface area contributed by atoms with Gasteiger partial charge < -0.3 is 9.47 Å². The fraction of sp³-hybridized carbons (Fsp3) is 0.562. The van der Waals surface area contributed by atoms with Crippen molar-refractivity contribution in [2.75, 3.05) is 26.8 Å². The number of rotatable bonds is 5. The number of methoxy groups -OCH3 is 1. The molecule has 0 amide bonds. The van der Waals surface area contributed by atoms with E-state index >= 15 is 0 Å². The molecule has 1 heterocycles. The average molecular weight is 277 g/mol. The van der Waals surface area contributed by atoms with E-state index in [1.807, 2.05) is 24.3 Å². The van der Waals surface area contributed by atoms with E-state index in [2.05, 4.69) is 18.7 Å². The lowest BCUT2D eigenvalue weighted by Crippen LogP contribution is -2.49. The number of hydrogen-bond donors (Lipinski definition) is 0. The molecule has 1 atom stereocenters. The molecule has 1 aliphatic heterocycles. The Labute approximate surface area is 120 Å². The van der Waals surface area contributed by atoms with Crippen molar-refractivity contribution < 1.29 is 14.3 Å². The maximum Gasteiger partial charge on any atom is 0.167 e. The Hall–Kier alpha value is -1.39. The van der Waals surface area contributed by atoms with E-state index in [-0.39, 0.29) is 11.9 Å². The molecule has 0 aromatic heterocycles. The largest absolute Gasteiger partial charge is 0.497 e. The van der Waals surface area contributed by atoms with Gasteiger partial charge in [-0.1, -0.05) is 12.1 Å². The van der Waals surface area contributed by atoms with Crippen molar-refractivity contribution in [1.29, 1.82) is 0 Å². The van der Waals surface area contributed by atoms with E-state index in [9.17, 15) is 4.79 Å². The highest BCUT2D eigenvalue weighted by Gasteiger charge is 2.27. The maximum atomic E-state index is 12.3. The predicted molar refractivity (Wildman–Crippen MR) is 78.2 cm³/mol. The van der Waals surface area contributed by atoms with E-state index in [0.29, 0.717) is 25.6 Å². The zero-order chi connectivity index (χ0) is 14.5. The Morgan fingerprint density at radius 1 is 1.50 bits per heavy atom. The molecule has 1 aromatic carbocycles. The SMILES string of the molecule is COc1cccc(CC(=O)C2CN(C(C)C)CCO2)c1. The molecule has 20 heavy (non-hydrogen) atoms. The van der Waals surface area contributed by atoms with Gasteiger partial charge in [-0.05, 0) is 31.5 Å². The highest BCUT2D eigenvalue weighted by atomic mass is 16.5. The van der Waals surface area contributed by atoms with Gasteiger partial charge in [0.2, 0.25) is 0 Å². The summed E-state index contributed by atoms with van der Waals surface area (Å²) in [6.07, 6.45) is 0.0886. The predicted octanol–water partition coefficient (Wildman–Crippen LogP) is 1.92. The minimum Gasteiger partial charge on any atom is -0.497 e. The summed E-state index contributed by atoms with van der Waals surface area (Å²) >= 11 is 0. The quantitative estimate of drug-likeness (QED) is 0.824. The lowest BCUT2D eigenvalue weighted by molar-refractivity contribution is -0.136. The fourth-order valence-corrected chi connectivity index (χ4v) is 2.43. The van der Waals surface area contributed by atoms with Gasteiger partial charge in [0.05, 0.1) is 13.7 Å². The van der Waals surface area contributed by atoms with Crippen LogP contribution in [0.5, 0.6) is 5.75 Å². The van der Waals surface area contributed by atoms with Crippen LogP contribution in [-0.2, 0) is 16.0 Å². The van der Waals surface area contributed by atoms with E-state index in [1.165, 1.54) is 0 Å². The molecule has 0 N–H and O–H groups in total. The van der Waals surface area contributed by atoms with Crippen LogP contribution in [0, 0.1) is 0 Å². The van der Waals surface area contributed by atoms with Crippen LogP contribution in [0.1, 0.15) is 19.4 Å². The van der Waals surface area contributed by atoms with Gasteiger partial charge in [-0.15, -0.1) is 0 Å². The molecule has 1 saturated heterocycles. The van der Waals surface area contributed by atoms with E-state index in [4.69, 9.17) is 9.47 Å². The second kappa shape index (κ2) is 6.86. The van der Waals surface area contributed by atoms with Crippen molar-refractivity contribution in [2.24, 2.45) is 0 Å². The minimum atomic E-state index is -0.308. The first-order valence-electron chi connectivity index (χ1n) is 7.11. The Kier molecular flexibility index (Phi) is 5.15. The van der Waals surface area contributed by atoms with Crippen molar-refractivity contribution in [3.63, 3.8) is 0 Å². The molecule has 0 bridgehead atoms. The molecule has 1 aliphatic rings. The van der Waals surface area contributed by atoms with Crippen LogP contribution in [-0.4, -0.2) is 49.6 Å². The molecule has 1 aromatic rings. The average Bonchev–Trinajstić information content (AvgIpc) is 2.47. The van der Waals surface area contributed by atoms with Gasteiger partial charge in [0.1, 0.15) is 11.9 Å². The lowest BCUT2D eigenvalue weighted by atomic mass is 10.0. The Morgan fingerprint density at radius 3 is 3.00 bits per heavy atom. The molecule has 4 nitrogen and oxygen atoms in total. The van der Waals surface area contributed by atoms with Gasteiger partial charge in [0.25, 0.3) is 0 Å². The van der Waals surface area contributed by atoms with Crippen molar-refractivity contribution in [3.05, 3.63) is 29.8 Å². The summed E-state index contributed by atoms with van der Waals surface area (Å²) in [6, 6.07) is 8.09. The summed E-state index contributed by atoms with van der Waals surface area (Å²) in [5.74, 6) is 0.923. The molecule has 0 saturated carbocycles. The number of carbonyl (C=O) groups excluding carboxylic acids is 1. The Balaban J connectivity index is 1.97. The highest BCUT2D eigenvalue weighted by Crippen LogP contribution is 2.16. The molecule has 110 valence electrons. The van der Waals surface area contributed by atoms with Gasteiger partial charge in [-0.25, -0.2) is 0 Å². The summed E-state index contributed by atoms with van der Waals surface area (Å²) in [6.45, 7) is 6.53. The second-order valence-electron chi connectivity index (χ2n) is 5.44. The van der Waals surface area contributed by atoms with Crippen molar-refractivity contribution in [3.8, 4) is 5.75 Å². The van der Waals surface area contributed by atoms with Crippen LogP contribution < -0.4 is 4.74 Å². The second-order valence-corrected chi connectivity index (χ2v) is 5.44. The maximum absolute atomic E-state index is 12.3. The van der Waals surface area contributed by atoms with Crippen molar-refractivity contribution >= 4 is 5.78 Å². The fourth-order valence-electron chi connectivity index (χ4n) is 2.43. The number of ether oxygens (including phenoxy) is 2. The molecule has 0 spiro atoms. The molecular weight excluding hydrogens is 254 g/mol. The number of nitrogens with zero attached hydrogens (tertiary/aromatic N) is 1. The van der Waals surface area contributed by atoms with Crippen LogP contribution in [0.4, 0.5) is 0 Å². The van der Waals surface area contributed by atoms with Crippen LogP contribution in [0.2, 0.25) is 0 Å². The summed E-state index contributed by atoms with van der Waals surface area (Å²) in [5.41, 5.74) is 0.972. The Bertz CT molecular complexity index is 459. The summed E-state index contributed by atoms with van der Waals surface area (Å²) < 4.78 is 10.8.